The van der Waals surface area contributed by atoms with Gasteiger partial charge in [-0.05, 0) is 37.4 Å². The molecule has 1 aliphatic rings. The van der Waals surface area contributed by atoms with E-state index >= 15 is 0 Å². The van der Waals surface area contributed by atoms with E-state index in [2.05, 4.69) is 29.2 Å². The summed E-state index contributed by atoms with van der Waals surface area (Å²) < 4.78 is 5.19. The highest BCUT2D eigenvalue weighted by molar-refractivity contribution is 5.75. The number of carbonyl (C=O) groups excluding carboxylic acids is 1. The van der Waals surface area contributed by atoms with E-state index < -0.39 is 0 Å². The molecule has 2 N–H and O–H groups in total. The molecule has 1 aromatic carbocycles. The zero-order chi connectivity index (χ0) is 14.4. The third-order valence-corrected chi connectivity index (χ3v) is 3.82. The molecule has 0 radical (unpaired) electrons. The van der Waals surface area contributed by atoms with Gasteiger partial charge in [-0.25, -0.2) is 0 Å². The third-order valence-electron chi connectivity index (χ3n) is 3.82. The Morgan fingerprint density at radius 1 is 1.30 bits per heavy atom. The quantitative estimate of drug-likeness (QED) is 0.836. The summed E-state index contributed by atoms with van der Waals surface area (Å²) in [5.74, 6) is -0.0780. The summed E-state index contributed by atoms with van der Waals surface area (Å²) in [6.45, 7) is 4.64. The van der Waals surface area contributed by atoms with Crippen molar-refractivity contribution in [1.29, 1.82) is 0 Å². The highest BCUT2D eigenvalue weighted by Gasteiger charge is 2.29. The van der Waals surface area contributed by atoms with Crippen LogP contribution < -0.4 is 5.73 Å². The maximum absolute atomic E-state index is 12.0. The molecule has 1 aliphatic heterocycles. The van der Waals surface area contributed by atoms with Crippen LogP contribution in [0.5, 0.6) is 0 Å². The molecule has 4 heteroatoms. The molecule has 110 valence electrons. The van der Waals surface area contributed by atoms with Gasteiger partial charge in [-0.1, -0.05) is 30.7 Å². The van der Waals surface area contributed by atoms with E-state index in [1.54, 1.807) is 0 Å². The zero-order valence-electron chi connectivity index (χ0n) is 12.2. The smallest absolute Gasteiger partial charge is 0.323 e. The molecular formula is C16H24N2O2. The molecule has 0 bridgehead atoms. The van der Waals surface area contributed by atoms with E-state index in [1.165, 1.54) is 5.56 Å². The lowest BCUT2D eigenvalue weighted by Crippen LogP contribution is -2.44. The number of hydrogen-bond donors (Lipinski definition) is 1. The van der Waals surface area contributed by atoms with Crippen LogP contribution in [0.3, 0.4) is 0 Å². The molecule has 1 unspecified atom stereocenters. The Morgan fingerprint density at radius 3 is 2.65 bits per heavy atom. The second-order valence-electron chi connectivity index (χ2n) is 5.25. The third kappa shape index (κ3) is 3.81. The predicted molar refractivity (Wildman–Crippen MR) is 79.0 cm³/mol. The number of benzene rings is 1. The van der Waals surface area contributed by atoms with Gasteiger partial charge in [0, 0.05) is 13.1 Å². The van der Waals surface area contributed by atoms with E-state index in [4.69, 9.17) is 10.5 Å². The summed E-state index contributed by atoms with van der Waals surface area (Å²) >= 11 is 0. The molecule has 0 aromatic heterocycles. The number of carbonyl (C=O) groups is 1. The molecular weight excluding hydrogens is 252 g/mol. The number of ether oxygens (including phenoxy) is 1. The normalized spacial score (nSPS) is 19.8. The summed E-state index contributed by atoms with van der Waals surface area (Å²) in [6.07, 6.45) is 3.16. The fourth-order valence-corrected chi connectivity index (χ4v) is 2.70. The molecule has 1 atom stereocenters. The van der Waals surface area contributed by atoms with Crippen LogP contribution in [-0.4, -0.2) is 30.1 Å². The Labute approximate surface area is 120 Å². The number of nitrogens with two attached hydrogens (primary N) is 1. The molecule has 4 nitrogen and oxygen atoms in total. The first-order valence-corrected chi connectivity index (χ1v) is 7.43. The van der Waals surface area contributed by atoms with Crippen molar-refractivity contribution < 1.29 is 9.53 Å². The summed E-state index contributed by atoms with van der Waals surface area (Å²) in [5.41, 5.74) is 7.96. The highest BCUT2D eigenvalue weighted by atomic mass is 16.5. The number of nitrogens with zero attached hydrogens (tertiary/aromatic N) is 1. The van der Waals surface area contributed by atoms with Crippen LogP contribution in [-0.2, 0) is 22.6 Å². The molecule has 1 saturated heterocycles. The van der Waals surface area contributed by atoms with Crippen molar-refractivity contribution in [3.63, 3.8) is 0 Å². The maximum atomic E-state index is 12.0. The lowest BCUT2D eigenvalue weighted by Gasteiger charge is -2.34. The molecule has 20 heavy (non-hydrogen) atoms. The number of rotatable bonds is 5. The fraction of sp³-hybridized carbons (Fsp3) is 0.562. The van der Waals surface area contributed by atoms with Crippen molar-refractivity contribution in [3.05, 3.63) is 35.4 Å². The predicted octanol–water partition coefficient (Wildman–Crippen LogP) is 2.06. The van der Waals surface area contributed by atoms with Gasteiger partial charge >= 0.3 is 5.97 Å². The molecule has 0 amide bonds. The maximum Gasteiger partial charge on any atom is 0.323 e. The van der Waals surface area contributed by atoms with Gasteiger partial charge in [-0.2, -0.15) is 0 Å². The second-order valence-corrected chi connectivity index (χ2v) is 5.25. The van der Waals surface area contributed by atoms with Crippen molar-refractivity contribution in [1.82, 2.24) is 4.90 Å². The first kappa shape index (κ1) is 15.0. The van der Waals surface area contributed by atoms with Crippen molar-refractivity contribution in [2.24, 2.45) is 5.73 Å². The van der Waals surface area contributed by atoms with Crippen LogP contribution in [0.2, 0.25) is 0 Å². The monoisotopic (exact) mass is 276 g/mol. The van der Waals surface area contributed by atoms with Crippen LogP contribution in [0, 0.1) is 0 Å². The van der Waals surface area contributed by atoms with E-state index in [0.717, 1.165) is 37.9 Å². The standard InChI is InChI=1S/C16H24N2O2/c1-2-20-16(19)15-5-3-4-10-18(15)12-14-8-6-13(11-17)7-9-14/h6-9,15H,2-5,10-12,17H2,1H3. The van der Waals surface area contributed by atoms with E-state index in [9.17, 15) is 4.79 Å². The van der Waals surface area contributed by atoms with Crippen LogP contribution >= 0.6 is 0 Å². The van der Waals surface area contributed by atoms with E-state index in [-0.39, 0.29) is 12.0 Å². The second kappa shape index (κ2) is 7.41. The minimum Gasteiger partial charge on any atom is -0.465 e. The van der Waals surface area contributed by atoms with Crippen molar-refractivity contribution in [3.8, 4) is 0 Å². The first-order chi connectivity index (χ1) is 9.74. The summed E-state index contributed by atoms with van der Waals surface area (Å²) in [7, 11) is 0. The Bertz CT molecular complexity index is 431. The Morgan fingerprint density at radius 2 is 2.00 bits per heavy atom. The van der Waals surface area contributed by atoms with Gasteiger partial charge in [0.2, 0.25) is 0 Å². The van der Waals surface area contributed by atoms with Gasteiger partial charge in [0.25, 0.3) is 0 Å². The van der Waals surface area contributed by atoms with Crippen LogP contribution in [0.1, 0.15) is 37.3 Å². The largest absolute Gasteiger partial charge is 0.465 e. The summed E-state index contributed by atoms with van der Waals surface area (Å²) in [5, 5.41) is 0. The van der Waals surface area contributed by atoms with Crippen molar-refractivity contribution in [2.75, 3.05) is 13.2 Å². The lowest BCUT2D eigenvalue weighted by molar-refractivity contribution is -0.151. The van der Waals surface area contributed by atoms with Gasteiger partial charge in [0.05, 0.1) is 6.61 Å². The van der Waals surface area contributed by atoms with Crippen LogP contribution in [0.4, 0.5) is 0 Å². The van der Waals surface area contributed by atoms with Crippen LogP contribution in [0.25, 0.3) is 0 Å². The average Bonchev–Trinajstić information content (AvgIpc) is 2.49. The molecule has 1 heterocycles. The molecule has 0 saturated carbocycles. The molecule has 1 fully saturated rings. The Balaban J connectivity index is 2.02. The molecule has 1 aromatic rings. The summed E-state index contributed by atoms with van der Waals surface area (Å²) in [4.78, 5) is 14.3. The van der Waals surface area contributed by atoms with Gasteiger partial charge in [0.1, 0.15) is 6.04 Å². The van der Waals surface area contributed by atoms with Gasteiger partial charge < -0.3 is 10.5 Å². The van der Waals surface area contributed by atoms with Crippen molar-refractivity contribution in [2.45, 2.75) is 45.3 Å². The lowest BCUT2D eigenvalue weighted by atomic mass is 10.0. The van der Waals surface area contributed by atoms with Crippen molar-refractivity contribution >= 4 is 5.97 Å². The molecule has 0 aliphatic carbocycles. The minimum atomic E-state index is -0.0853. The van der Waals surface area contributed by atoms with Gasteiger partial charge in [-0.3, -0.25) is 9.69 Å². The van der Waals surface area contributed by atoms with E-state index in [1.807, 2.05) is 6.92 Å². The fourth-order valence-electron chi connectivity index (χ4n) is 2.70. The SMILES string of the molecule is CCOC(=O)C1CCCCN1Cc1ccc(CN)cc1. The highest BCUT2D eigenvalue weighted by Crippen LogP contribution is 2.21. The van der Waals surface area contributed by atoms with Gasteiger partial charge in [-0.15, -0.1) is 0 Å². The molecule has 2 rings (SSSR count). The number of hydrogen-bond acceptors (Lipinski definition) is 4. The average molecular weight is 276 g/mol. The topological polar surface area (TPSA) is 55.6 Å². The number of piperidine rings is 1. The molecule has 0 spiro atoms. The number of likely N-dealkylation sites (tertiary alicyclic amines) is 1. The minimum absolute atomic E-state index is 0.0780. The summed E-state index contributed by atoms with van der Waals surface area (Å²) in [6, 6.07) is 8.22. The van der Waals surface area contributed by atoms with Crippen LogP contribution in [0.15, 0.2) is 24.3 Å². The first-order valence-electron chi connectivity index (χ1n) is 7.43. The Hall–Kier alpha value is -1.39. The van der Waals surface area contributed by atoms with Gasteiger partial charge in [0.15, 0.2) is 0 Å². The Kier molecular flexibility index (Phi) is 5.56. The number of esters is 1. The van der Waals surface area contributed by atoms with E-state index in [0.29, 0.717) is 13.2 Å². The zero-order valence-corrected chi connectivity index (χ0v) is 12.2.